The van der Waals surface area contributed by atoms with Crippen LogP contribution in [0.3, 0.4) is 0 Å². The van der Waals surface area contributed by atoms with Gasteiger partial charge in [-0.1, -0.05) is 18.2 Å². The van der Waals surface area contributed by atoms with Gasteiger partial charge in [-0.2, -0.15) is 0 Å². The van der Waals surface area contributed by atoms with Crippen LogP contribution in [-0.2, 0) is 27.4 Å². The van der Waals surface area contributed by atoms with Crippen molar-refractivity contribution in [3.8, 4) is 0 Å². The van der Waals surface area contributed by atoms with Crippen LogP contribution in [0, 0.1) is 0 Å². The highest BCUT2D eigenvalue weighted by molar-refractivity contribution is 6.05. The summed E-state index contributed by atoms with van der Waals surface area (Å²) in [5.41, 5.74) is 2.60. The molecular formula is C22H28N4O4. The highest BCUT2D eigenvalue weighted by Crippen LogP contribution is 2.34. The van der Waals surface area contributed by atoms with Crippen LogP contribution in [0.5, 0.6) is 0 Å². The summed E-state index contributed by atoms with van der Waals surface area (Å²) < 4.78 is 6.16. The van der Waals surface area contributed by atoms with Gasteiger partial charge in [0.2, 0.25) is 11.8 Å². The standard InChI is InChI=1S/C22H28N4O4/c27-18-5-4-17(20(28)25-18)26-12-15-3-1-2-14(19(15)21(26)29)11-24-16-10-22(30-13-16)6-8-23-9-7-22/h1-3,16-17,23-24H,4-13H2,(H,25,27,28). The molecule has 0 bridgehead atoms. The molecular weight excluding hydrogens is 384 g/mol. The first-order chi connectivity index (χ1) is 14.5. The van der Waals surface area contributed by atoms with E-state index in [2.05, 4.69) is 16.0 Å². The monoisotopic (exact) mass is 412 g/mol. The average molecular weight is 412 g/mol. The lowest BCUT2D eigenvalue weighted by atomic mass is 9.88. The van der Waals surface area contributed by atoms with Gasteiger partial charge in [-0.3, -0.25) is 19.7 Å². The number of rotatable bonds is 4. The van der Waals surface area contributed by atoms with Gasteiger partial charge in [0, 0.05) is 31.1 Å². The summed E-state index contributed by atoms with van der Waals surface area (Å²) in [6.07, 6.45) is 3.74. The molecule has 160 valence electrons. The number of hydrogen-bond donors (Lipinski definition) is 3. The molecule has 0 saturated carbocycles. The van der Waals surface area contributed by atoms with Crippen molar-refractivity contribution < 1.29 is 19.1 Å². The van der Waals surface area contributed by atoms with Crippen LogP contribution in [0.15, 0.2) is 18.2 Å². The minimum atomic E-state index is -0.577. The summed E-state index contributed by atoms with van der Waals surface area (Å²) in [7, 11) is 0. The van der Waals surface area contributed by atoms with E-state index in [1.54, 1.807) is 4.90 Å². The van der Waals surface area contributed by atoms with Gasteiger partial charge in [-0.05, 0) is 49.9 Å². The topological polar surface area (TPSA) is 99.8 Å². The Morgan fingerprint density at radius 3 is 2.83 bits per heavy atom. The molecule has 5 rings (SSSR count). The molecule has 2 atom stereocenters. The van der Waals surface area contributed by atoms with Gasteiger partial charge in [0.25, 0.3) is 5.91 Å². The Balaban J connectivity index is 1.26. The molecule has 4 aliphatic heterocycles. The van der Waals surface area contributed by atoms with Crippen LogP contribution in [0.25, 0.3) is 0 Å². The minimum Gasteiger partial charge on any atom is -0.373 e. The Kier molecular flexibility index (Phi) is 5.08. The van der Waals surface area contributed by atoms with Crippen LogP contribution in [0.1, 0.15) is 53.6 Å². The Bertz CT molecular complexity index is 880. The van der Waals surface area contributed by atoms with E-state index in [9.17, 15) is 14.4 Å². The van der Waals surface area contributed by atoms with E-state index < -0.39 is 6.04 Å². The molecule has 0 aromatic heterocycles. The number of ether oxygens (including phenoxy) is 1. The molecule has 1 spiro atoms. The third kappa shape index (κ3) is 3.53. The lowest BCUT2D eigenvalue weighted by molar-refractivity contribution is -0.136. The van der Waals surface area contributed by atoms with E-state index in [1.807, 2.05) is 18.2 Å². The molecule has 4 aliphatic rings. The second-order valence-corrected chi connectivity index (χ2v) is 8.88. The molecule has 3 fully saturated rings. The first-order valence-corrected chi connectivity index (χ1v) is 10.9. The zero-order chi connectivity index (χ0) is 20.7. The van der Waals surface area contributed by atoms with E-state index >= 15 is 0 Å². The van der Waals surface area contributed by atoms with Gasteiger partial charge < -0.3 is 20.3 Å². The molecule has 8 heteroatoms. The molecule has 0 radical (unpaired) electrons. The fourth-order valence-corrected chi connectivity index (χ4v) is 5.30. The quantitative estimate of drug-likeness (QED) is 0.621. The van der Waals surface area contributed by atoms with Crippen molar-refractivity contribution in [3.05, 3.63) is 34.9 Å². The van der Waals surface area contributed by atoms with Gasteiger partial charge in [0.05, 0.1) is 12.2 Å². The summed E-state index contributed by atoms with van der Waals surface area (Å²) in [6, 6.07) is 5.60. The number of piperidine rings is 2. The highest BCUT2D eigenvalue weighted by Gasteiger charge is 2.42. The Morgan fingerprint density at radius 1 is 1.20 bits per heavy atom. The molecule has 1 aromatic rings. The molecule has 0 aliphatic carbocycles. The number of carbonyl (C=O) groups is 3. The van der Waals surface area contributed by atoms with Crippen molar-refractivity contribution >= 4 is 17.7 Å². The van der Waals surface area contributed by atoms with Crippen LogP contribution in [-0.4, -0.2) is 60.0 Å². The Morgan fingerprint density at radius 2 is 2.03 bits per heavy atom. The normalized spacial score (nSPS) is 28.1. The van der Waals surface area contributed by atoms with Gasteiger partial charge in [-0.25, -0.2) is 0 Å². The maximum Gasteiger partial charge on any atom is 0.255 e. The number of nitrogens with one attached hydrogen (secondary N) is 3. The van der Waals surface area contributed by atoms with Crippen molar-refractivity contribution in [3.63, 3.8) is 0 Å². The first kappa shape index (κ1) is 19.7. The van der Waals surface area contributed by atoms with Gasteiger partial charge in [-0.15, -0.1) is 0 Å². The summed E-state index contributed by atoms with van der Waals surface area (Å²) in [6.45, 7) is 3.72. The van der Waals surface area contributed by atoms with E-state index in [0.717, 1.165) is 43.5 Å². The smallest absolute Gasteiger partial charge is 0.255 e. The lowest BCUT2D eigenvalue weighted by Crippen LogP contribution is -2.52. The fourth-order valence-electron chi connectivity index (χ4n) is 5.30. The summed E-state index contributed by atoms with van der Waals surface area (Å²) >= 11 is 0. The van der Waals surface area contributed by atoms with E-state index in [-0.39, 0.29) is 35.8 Å². The van der Waals surface area contributed by atoms with E-state index in [1.165, 1.54) is 0 Å². The molecule has 8 nitrogen and oxygen atoms in total. The lowest BCUT2D eigenvalue weighted by Gasteiger charge is -2.33. The van der Waals surface area contributed by atoms with Gasteiger partial charge in [0.1, 0.15) is 6.04 Å². The maximum atomic E-state index is 13.2. The summed E-state index contributed by atoms with van der Waals surface area (Å²) in [5, 5.41) is 9.33. The minimum absolute atomic E-state index is 0.0000508. The highest BCUT2D eigenvalue weighted by atomic mass is 16.5. The number of nitrogens with zero attached hydrogens (tertiary/aromatic N) is 1. The Hall–Kier alpha value is -2.29. The van der Waals surface area contributed by atoms with Crippen LogP contribution in [0.4, 0.5) is 0 Å². The van der Waals surface area contributed by atoms with Crippen molar-refractivity contribution in [1.29, 1.82) is 0 Å². The summed E-state index contributed by atoms with van der Waals surface area (Å²) in [5.74, 6) is -0.757. The maximum absolute atomic E-state index is 13.2. The zero-order valence-corrected chi connectivity index (χ0v) is 17.0. The second-order valence-electron chi connectivity index (χ2n) is 8.88. The molecule has 4 heterocycles. The average Bonchev–Trinajstić information content (AvgIpc) is 3.28. The van der Waals surface area contributed by atoms with Crippen LogP contribution in [0.2, 0.25) is 0 Å². The van der Waals surface area contributed by atoms with Gasteiger partial charge >= 0.3 is 0 Å². The fraction of sp³-hybridized carbons (Fsp3) is 0.591. The number of fused-ring (bicyclic) bond motifs is 1. The zero-order valence-electron chi connectivity index (χ0n) is 17.0. The third-order valence-corrected chi connectivity index (χ3v) is 6.94. The number of amides is 3. The number of imide groups is 1. The van der Waals surface area contributed by atoms with Crippen molar-refractivity contribution in [2.24, 2.45) is 0 Å². The molecule has 1 aromatic carbocycles. The van der Waals surface area contributed by atoms with Crippen LogP contribution >= 0.6 is 0 Å². The van der Waals surface area contributed by atoms with E-state index in [0.29, 0.717) is 31.7 Å². The second kappa shape index (κ2) is 7.76. The predicted octanol–water partition coefficient (Wildman–Crippen LogP) is 0.448. The number of carbonyl (C=O) groups excluding carboxylic acids is 3. The van der Waals surface area contributed by atoms with Crippen molar-refractivity contribution in [2.75, 3.05) is 19.7 Å². The van der Waals surface area contributed by atoms with E-state index in [4.69, 9.17) is 4.74 Å². The molecule has 3 saturated heterocycles. The largest absolute Gasteiger partial charge is 0.373 e. The molecule has 2 unspecified atom stereocenters. The third-order valence-electron chi connectivity index (χ3n) is 6.94. The van der Waals surface area contributed by atoms with Crippen LogP contribution < -0.4 is 16.0 Å². The van der Waals surface area contributed by atoms with Crippen molar-refractivity contribution in [2.45, 2.75) is 62.9 Å². The van der Waals surface area contributed by atoms with Gasteiger partial charge in [0.15, 0.2) is 0 Å². The number of benzene rings is 1. The first-order valence-electron chi connectivity index (χ1n) is 10.9. The number of hydrogen-bond acceptors (Lipinski definition) is 6. The summed E-state index contributed by atoms with van der Waals surface area (Å²) in [4.78, 5) is 38.5. The molecule has 3 amide bonds. The van der Waals surface area contributed by atoms with Crippen molar-refractivity contribution in [1.82, 2.24) is 20.9 Å². The predicted molar refractivity (Wildman–Crippen MR) is 109 cm³/mol. The SMILES string of the molecule is O=C1CCC(N2Cc3cccc(CNC4COC5(CCNCC5)C4)c3C2=O)C(=O)N1. The molecule has 30 heavy (non-hydrogen) atoms. The Labute approximate surface area is 175 Å². The molecule has 3 N–H and O–H groups in total.